The van der Waals surface area contributed by atoms with E-state index in [1.54, 1.807) is 19.2 Å². The molecule has 2 aromatic rings. The molecule has 1 atom stereocenters. The maximum Gasteiger partial charge on any atom is 0.264 e. The van der Waals surface area contributed by atoms with Crippen molar-refractivity contribution in [1.29, 1.82) is 0 Å². The summed E-state index contributed by atoms with van der Waals surface area (Å²) in [6, 6.07) is 7.20. The molecule has 1 heterocycles. The smallest absolute Gasteiger partial charge is 0.264 e. The van der Waals surface area contributed by atoms with Gasteiger partial charge >= 0.3 is 0 Å². The summed E-state index contributed by atoms with van der Waals surface area (Å²) >= 11 is 0. The van der Waals surface area contributed by atoms with Gasteiger partial charge < -0.3 is 14.0 Å². The summed E-state index contributed by atoms with van der Waals surface area (Å²) in [5, 5.41) is 6.78. The number of hydrogen-bond donors (Lipinski definition) is 1. The summed E-state index contributed by atoms with van der Waals surface area (Å²) in [7, 11) is 1.56. The fourth-order valence-corrected chi connectivity index (χ4v) is 2.72. The number of aryl methyl sites for hydroxylation is 1. The molecule has 0 unspecified atom stereocenters. The highest BCUT2D eigenvalue weighted by Crippen LogP contribution is 2.30. The second kappa shape index (κ2) is 6.73. The van der Waals surface area contributed by atoms with Gasteiger partial charge in [0.1, 0.15) is 0 Å². The number of amides is 1. The van der Waals surface area contributed by atoms with Crippen molar-refractivity contribution in [3.63, 3.8) is 0 Å². The van der Waals surface area contributed by atoms with Crippen LogP contribution in [-0.4, -0.2) is 24.8 Å². The van der Waals surface area contributed by atoms with Gasteiger partial charge in [0, 0.05) is 5.56 Å². The molecule has 1 aliphatic rings. The van der Waals surface area contributed by atoms with E-state index in [9.17, 15) is 4.79 Å². The van der Waals surface area contributed by atoms with Crippen molar-refractivity contribution < 1.29 is 18.8 Å². The average molecular weight is 316 g/mol. The van der Waals surface area contributed by atoms with Crippen LogP contribution in [0.15, 0.2) is 28.8 Å². The summed E-state index contributed by atoms with van der Waals surface area (Å²) in [5.41, 5.74) is 1.96. The number of ether oxygens (including phenoxy) is 2. The Hall–Kier alpha value is -2.50. The van der Waals surface area contributed by atoms with E-state index in [0.717, 1.165) is 30.5 Å². The van der Waals surface area contributed by atoms with Crippen molar-refractivity contribution in [1.82, 2.24) is 5.16 Å². The maximum atomic E-state index is 12.1. The van der Waals surface area contributed by atoms with Gasteiger partial charge in [0.05, 0.1) is 12.8 Å². The first-order chi connectivity index (χ1) is 11.2. The normalized spacial score (nSPS) is 16.5. The van der Waals surface area contributed by atoms with Crippen molar-refractivity contribution in [3.05, 3.63) is 35.5 Å². The fraction of sp³-hybridized carbons (Fsp3) is 0.412. The molecule has 1 N–H and O–H groups in total. The predicted molar refractivity (Wildman–Crippen MR) is 84.8 cm³/mol. The topological polar surface area (TPSA) is 73.6 Å². The minimum atomic E-state index is -0.284. The Bertz CT molecular complexity index is 696. The minimum absolute atomic E-state index is 0.120. The highest BCUT2D eigenvalue weighted by molar-refractivity contribution is 5.91. The number of carbonyl (C=O) groups excluding carboxylic acids is 1. The lowest BCUT2D eigenvalue weighted by Crippen LogP contribution is -2.21. The number of rotatable bonds is 5. The lowest BCUT2D eigenvalue weighted by molar-refractivity contribution is -0.118. The van der Waals surface area contributed by atoms with Gasteiger partial charge in [0.2, 0.25) is 5.88 Å². The van der Waals surface area contributed by atoms with E-state index in [-0.39, 0.29) is 12.5 Å². The molecule has 0 saturated carbocycles. The van der Waals surface area contributed by atoms with Crippen LogP contribution in [0.5, 0.6) is 11.5 Å². The molecule has 6 nitrogen and oxygen atoms in total. The molecule has 1 aromatic carbocycles. The van der Waals surface area contributed by atoms with Gasteiger partial charge in [0.25, 0.3) is 5.91 Å². The zero-order valence-corrected chi connectivity index (χ0v) is 13.3. The Morgan fingerprint density at radius 3 is 2.96 bits per heavy atom. The molecule has 0 aliphatic heterocycles. The second-order valence-electron chi connectivity index (χ2n) is 5.77. The van der Waals surface area contributed by atoms with E-state index >= 15 is 0 Å². The molecule has 23 heavy (non-hydrogen) atoms. The van der Waals surface area contributed by atoms with E-state index in [1.807, 2.05) is 12.1 Å². The van der Waals surface area contributed by atoms with E-state index in [1.165, 1.54) is 0 Å². The number of anilines is 1. The van der Waals surface area contributed by atoms with Crippen LogP contribution < -0.4 is 14.8 Å². The second-order valence-corrected chi connectivity index (χ2v) is 5.77. The zero-order chi connectivity index (χ0) is 16.2. The average Bonchev–Trinajstić information content (AvgIpc) is 2.95. The molecule has 1 aliphatic carbocycles. The van der Waals surface area contributed by atoms with Crippen LogP contribution >= 0.6 is 0 Å². The van der Waals surface area contributed by atoms with Crippen LogP contribution in [0, 0.1) is 5.92 Å². The maximum absolute atomic E-state index is 12.1. The van der Waals surface area contributed by atoms with Gasteiger partial charge in [0.15, 0.2) is 18.1 Å². The molecule has 1 aromatic heterocycles. The molecule has 0 bridgehead atoms. The molecule has 3 rings (SSSR count). The number of methoxy groups -OCH3 is 1. The van der Waals surface area contributed by atoms with E-state index in [4.69, 9.17) is 14.0 Å². The van der Waals surface area contributed by atoms with Gasteiger partial charge in [-0.05, 0) is 37.3 Å². The number of aromatic nitrogens is 1. The standard InChI is InChI=1S/C17H20N2O4/c1-11-7-8-13-12(9-11)17(23-19-13)18-16(20)10-22-15-6-4-3-5-14(15)21-2/h3-6,11H,7-10H2,1-2H3,(H,18,20)/t11-/m1/s1. The van der Waals surface area contributed by atoms with Gasteiger partial charge in [-0.3, -0.25) is 10.1 Å². The van der Waals surface area contributed by atoms with Gasteiger partial charge in [-0.15, -0.1) is 0 Å². The van der Waals surface area contributed by atoms with Crippen LogP contribution in [0.2, 0.25) is 0 Å². The number of nitrogens with one attached hydrogen (secondary N) is 1. The van der Waals surface area contributed by atoms with Crippen LogP contribution in [0.25, 0.3) is 0 Å². The monoisotopic (exact) mass is 316 g/mol. The number of fused-ring (bicyclic) bond motifs is 1. The third-order valence-electron chi connectivity index (χ3n) is 3.98. The molecule has 1 amide bonds. The van der Waals surface area contributed by atoms with Crippen molar-refractivity contribution in [3.8, 4) is 11.5 Å². The largest absolute Gasteiger partial charge is 0.493 e. The zero-order valence-electron chi connectivity index (χ0n) is 13.3. The van der Waals surface area contributed by atoms with Crippen LogP contribution in [0.1, 0.15) is 24.6 Å². The highest BCUT2D eigenvalue weighted by Gasteiger charge is 2.24. The first kappa shape index (κ1) is 15.4. The SMILES string of the molecule is COc1ccccc1OCC(=O)Nc1onc2c1C[C@H](C)CC2. The predicted octanol–water partition coefficient (Wildman–Crippen LogP) is 2.83. The van der Waals surface area contributed by atoms with Crippen molar-refractivity contribution in [2.75, 3.05) is 19.0 Å². The van der Waals surface area contributed by atoms with Crippen LogP contribution in [0.3, 0.4) is 0 Å². The Morgan fingerprint density at radius 2 is 2.17 bits per heavy atom. The molecule has 122 valence electrons. The van der Waals surface area contributed by atoms with E-state index < -0.39 is 0 Å². The van der Waals surface area contributed by atoms with Crippen LogP contribution in [-0.2, 0) is 17.6 Å². The molecule has 0 spiro atoms. The Balaban J connectivity index is 1.61. The van der Waals surface area contributed by atoms with Crippen molar-refractivity contribution in [2.24, 2.45) is 5.92 Å². The van der Waals surface area contributed by atoms with Gasteiger partial charge in [-0.25, -0.2) is 0 Å². The third-order valence-corrected chi connectivity index (χ3v) is 3.98. The number of para-hydroxylation sites is 2. The number of nitrogens with zero attached hydrogens (tertiary/aromatic N) is 1. The molecule has 0 fully saturated rings. The summed E-state index contributed by atoms with van der Waals surface area (Å²) < 4.78 is 16.0. The summed E-state index contributed by atoms with van der Waals surface area (Å²) in [5.74, 6) is 1.85. The minimum Gasteiger partial charge on any atom is -0.493 e. The van der Waals surface area contributed by atoms with Gasteiger partial charge in [-0.2, -0.15) is 0 Å². The van der Waals surface area contributed by atoms with Crippen molar-refractivity contribution >= 4 is 11.8 Å². The summed E-state index contributed by atoms with van der Waals surface area (Å²) in [6.07, 6.45) is 2.87. The molecular weight excluding hydrogens is 296 g/mol. The first-order valence-corrected chi connectivity index (χ1v) is 7.70. The molecule has 0 radical (unpaired) electrons. The van der Waals surface area contributed by atoms with E-state index in [0.29, 0.717) is 23.3 Å². The highest BCUT2D eigenvalue weighted by atomic mass is 16.5. The Kier molecular flexibility index (Phi) is 4.50. The van der Waals surface area contributed by atoms with Gasteiger partial charge in [-0.1, -0.05) is 24.2 Å². The number of carbonyl (C=O) groups is 1. The van der Waals surface area contributed by atoms with Crippen LogP contribution in [0.4, 0.5) is 5.88 Å². The summed E-state index contributed by atoms with van der Waals surface area (Å²) in [4.78, 5) is 12.1. The molecule has 6 heteroatoms. The Morgan fingerprint density at radius 1 is 1.39 bits per heavy atom. The lowest BCUT2D eigenvalue weighted by atomic mass is 9.89. The fourth-order valence-electron chi connectivity index (χ4n) is 2.72. The van der Waals surface area contributed by atoms with E-state index in [2.05, 4.69) is 17.4 Å². The number of hydrogen-bond acceptors (Lipinski definition) is 5. The first-order valence-electron chi connectivity index (χ1n) is 7.70. The third kappa shape index (κ3) is 3.47. The quantitative estimate of drug-likeness (QED) is 0.918. The molecular formula is C17H20N2O4. The summed E-state index contributed by atoms with van der Waals surface area (Å²) in [6.45, 7) is 2.07. The molecule has 0 saturated heterocycles. The van der Waals surface area contributed by atoms with Crippen molar-refractivity contribution in [2.45, 2.75) is 26.2 Å². The Labute approximate surface area is 134 Å². The number of benzene rings is 1. The lowest BCUT2D eigenvalue weighted by Gasteiger charge is -2.16.